The SMILES string of the molecule is CC1(C)c2ccccc2-c2ccc(-c3cccc(-c4cccc(-c5c(-c6ccccc6)nc6ccccn56)c4)c3)cc21. The highest BCUT2D eigenvalue weighted by Crippen LogP contribution is 2.49. The zero-order chi connectivity index (χ0) is 28.3. The molecule has 42 heavy (non-hydrogen) atoms. The van der Waals surface area contributed by atoms with Crippen molar-refractivity contribution in [3.8, 4) is 55.9 Å². The molecule has 1 aliphatic carbocycles. The highest BCUT2D eigenvalue weighted by atomic mass is 15.0. The molecule has 8 rings (SSSR count). The van der Waals surface area contributed by atoms with Gasteiger partial charge in [0, 0.05) is 22.7 Å². The smallest absolute Gasteiger partial charge is 0.137 e. The number of imidazole rings is 1. The van der Waals surface area contributed by atoms with E-state index in [4.69, 9.17) is 4.98 Å². The van der Waals surface area contributed by atoms with E-state index in [1.54, 1.807) is 0 Å². The lowest BCUT2D eigenvalue weighted by Crippen LogP contribution is -2.14. The first-order valence-electron chi connectivity index (χ1n) is 14.6. The van der Waals surface area contributed by atoms with Gasteiger partial charge in [0.15, 0.2) is 0 Å². The molecule has 0 fully saturated rings. The van der Waals surface area contributed by atoms with Crippen LogP contribution in [0.3, 0.4) is 0 Å². The Kier molecular flexibility index (Phi) is 5.52. The molecule has 2 heterocycles. The van der Waals surface area contributed by atoms with Crippen LogP contribution in [0.2, 0.25) is 0 Å². The predicted molar refractivity (Wildman–Crippen MR) is 174 cm³/mol. The van der Waals surface area contributed by atoms with E-state index in [0.717, 1.165) is 28.2 Å². The van der Waals surface area contributed by atoms with Gasteiger partial charge >= 0.3 is 0 Å². The van der Waals surface area contributed by atoms with Crippen molar-refractivity contribution in [2.45, 2.75) is 19.3 Å². The first kappa shape index (κ1) is 24.6. The number of hydrogen-bond donors (Lipinski definition) is 0. The van der Waals surface area contributed by atoms with Crippen molar-refractivity contribution in [2.24, 2.45) is 0 Å². The van der Waals surface area contributed by atoms with Gasteiger partial charge in [-0.3, -0.25) is 4.40 Å². The zero-order valence-electron chi connectivity index (χ0n) is 23.8. The lowest BCUT2D eigenvalue weighted by atomic mass is 9.81. The van der Waals surface area contributed by atoms with Crippen LogP contribution >= 0.6 is 0 Å². The Hall–Kier alpha value is -5.21. The van der Waals surface area contributed by atoms with Crippen LogP contribution in [0.4, 0.5) is 0 Å². The van der Waals surface area contributed by atoms with E-state index in [0.29, 0.717) is 0 Å². The molecule has 0 amide bonds. The van der Waals surface area contributed by atoms with Crippen molar-refractivity contribution in [3.63, 3.8) is 0 Å². The average Bonchev–Trinajstić information content (AvgIpc) is 3.55. The Morgan fingerprint density at radius 3 is 1.86 bits per heavy atom. The van der Waals surface area contributed by atoms with Gasteiger partial charge in [-0.05, 0) is 74.8 Å². The maximum atomic E-state index is 5.03. The molecule has 2 heteroatoms. The molecular weight excluding hydrogens is 508 g/mol. The summed E-state index contributed by atoms with van der Waals surface area (Å²) in [4.78, 5) is 5.03. The number of hydrogen-bond acceptors (Lipinski definition) is 1. The topological polar surface area (TPSA) is 17.3 Å². The van der Waals surface area contributed by atoms with Gasteiger partial charge in [-0.2, -0.15) is 0 Å². The van der Waals surface area contributed by atoms with Gasteiger partial charge in [-0.25, -0.2) is 4.98 Å². The minimum atomic E-state index is -0.0155. The molecule has 1 aliphatic rings. The summed E-state index contributed by atoms with van der Waals surface area (Å²) in [5.41, 5.74) is 15.7. The van der Waals surface area contributed by atoms with Crippen molar-refractivity contribution >= 4 is 5.65 Å². The van der Waals surface area contributed by atoms with E-state index in [2.05, 4.69) is 152 Å². The summed E-state index contributed by atoms with van der Waals surface area (Å²) in [6, 6.07) is 50.2. The van der Waals surface area contributed by atoms with Gasteiger partial charge in [0.25, 0.3) is 0 Å². The molecule has 0 N–H and O–H groups in total. The Morgan fingerprint density at radius 1 is 0.476 bits per heavy atom. The number of fused-ring (bicyclic) bond motifs is 4. The van der Waals surface area contributed by atoms with Crippen LogP contribution < -0.4 is 0 Å². The van der Waals surface area contributed by atoms with Crippen molar-refractivity contribution in [1.29, 1.82) is 0 Å². The lowest BCUT2D eigenvalue weighted by Gasteiger charge is -2.22. The molecule has 2 aromatic heterocycles. The largest absolute Gasteiger partial charge is 0.299 e. The van der Waals surface area contributed by atoms with E-state index in [1.165, 1.54) is 44.5 Å². The molecule has 0 saturated carbocycles. The van der Waals surface area contributed by atoms with Crippen LogP contribution in [-0.2, 0) is 5.41 Å². The van der Waals surface area contributed by atoms with E-state index >= 15 is 0 Å². The summed E-state index contributed by atoms with van der Waals surface area (Å²) in [6.45, 7) is 4.68. The molecule has 0 atom stereocenters. The summed E-state index contributed by atoms with van der Waals surface area (Å²) in [7, 11) is 0. The maximum Gasteiger partial charge on any atom is 0.137 e. The number of nitrogens with zero attached hydrogens (tertiary/aromatic N) is 2. The Balaban J connectivity index is 1.21. The van der Waals surface area contributed by atoms with E-state index in [9.17, 15) is 0 Å². The van der Waals surface area contributed by atoms with Crippen LogP contribution in [0.15, 0.2) is 146 Å². The normalized spacial score (nSPS) is 13.2. The lowest BCUT2D eigenvalue weighted by molar-refractivity contribution is 0.660. The Morgan fingerprint density at radius 2 is 1.07 bits per heavy atom. The van der Waals surface area contributed by atoms with Crippen molar-refractivity contribution in [1.82, 2.24) is 9.38 Å². The molecule has 7 aromatic rings. The summed E-state index contributed by atoms with van der Waals surface area (Å²) < 4.78 is 2.20. The van der Waals surface area contributed by atoms with E-state index < -0.39 is 0 Å². The van der Waals surface area contributed by atoms with Crippen LogP contribution in [0.5, 0.6) is 0 Å². The molecule has 0 spiro atoms. The first-order valence-corrected chi connectivity index (χ1v) is 14.6. The molecule has 0 bridgehead atoms. The van der Waals surface area contributed by atoms with Gasteiger partial charge in [0.2, 0.25) is 0 Å². The van der Waals surface area contributed by atoms with Gasteiger partial charge in [0.1, 0.15) is 5.65 Å². The molecule has 0 aliphatic heterocycles. The third-order valence-electron chi connectivity index (χ3n) is 8.83. The second-order valence-electron chi connectivity index (χ2n) is 11.7. The summed E-state index contributed by atoms with van der Waals surface area (Å²) in [5.74, 6) is 0. The number of rotatable bonds is 4. The highest BCUT2D eigenvalue weighted by molar-refractivity contribution is 5.86. The Bertz CT molecular complexity index is 2110. The second-order valence-corrected chi connectivity index (χ2v) is 11.7. The summed E-state index contributed by atoms with van der Waals surface area (Å²) in [6.07, 6.45) is 2.10. The first-order chi connectivity index (χ1) is 20.6. The number of benzene rings is 5. The monoisotopic (exact) mass is 538 g/mol. The van der Waals surface area contributed by atoms with Crippen molar-refractivity contribution in [3.05, 3.63) is 157 Å². The summed E-state index contributed by atoms with van der Waals surface area (Å²) in [5, 5.41) is 0. The van der Waals surface area contributed by atoms with E-state index in [-0.39, 0.29) is 5.41 Å². The van der Waals surface area contributed by atoms with Crippen molar-refractivity contribution < 1.29 is 0 Å². The standard InChI is InChI=1S/C40H30N2/c1-40(2)35-19-7-6-18-33(35)34-22-21-31(26-36(34)40)29-15-10-14-28(24-29)30-16-11-17-32(25-30)39-38(27-12-4-3-5-13-27)41-37-20-8-9-23-42(37)39/h3-26H,1-2H3. The predicted octanol–water partition coefficient (Wildman–Crippen LogP) is 10.3. The third kappa shape index (κ3) is 3.83. The molecular formula is C40H30N2. The quantitative estimate of drug-likeness (QED) is 0.218. The third-order valence-corrected chi connectivity index (χ3v) is 8.83. The molecule has 0 radical (unpaired) electrons. The molecule has 200 valence electrons. The summed E-state index contributed by atoms with van der Waals surface area (Å²) >= 11 is 0. The van der Waals surface area contributed by atoms with Crippen LogP contribution in [-0.4, -0.2) is 9.38 Å². The Labute approximate surface area is 246 Å². The molecule has 5 aromatic carbocycles. The number of aromatic nitrogens is 2. The maximum absolute atomic E-state index is 5.03. The fraction of sp³-hybridized carbons (Fsp3) is 0.0750. The van der Waals surface area contributed by atoms with Crippen molar-refractivity contribution in [2.75, 3.05) is 0 Å². The minimum Gasteiger partial charge on any atom is -0.299 e. The zero-order valence-corrected chi connectivity index (χ0v) is 23.8. The molecule has 0 saturated heterocycles. The minimum absolute atomic E-state index is 0.0155. The van der Waals surface area contributed by atoms with Gasteiger partial charge < -0.3 is 0 Å². The molecule has 0 unspecified atom stereocenters. The fourth-order valence-electron chi connectivity index (χ4n) is 6.68. The average molecular weight is 539 g/mol. The highest BCUT2D eigenvalue weighted by Gasteiger charge is 2.35. The number of pyridine rings is 1. The van der Waals surface area contributed by atoms with Gasteiger partial charge in [0.05, 0.1) is 11.4 Å². The van der Waals surface area contributed by atoms with Crippen LogP contribution in [0, 0.1) is 0 Å². The van der Waals surface area contributed by atoms with Crippen LogP contribution in [0.1, 0.15) is 25.0 Å². The fourth-order valence-corrected chi connectivity index (χ4v) is 6.68. The second kappa shape index (κ2) is 9.43. The van der Waals surface area contributed by atoms with Gasteiger partial charge in [-0.1, -0.05) is 123 Å². The van der Waals surface area contributed by atoms with E-state index in [1.807, 2.05) is 12.1 Å². The molecule has 2 nitrogen and oxygen atoms in total. The van der Waals surface area contributed by atoms with Gasteiger partial charge in [-0.15, -0.1) is 0 Å². The van der Waals surface area contributed by atoms with Crippen LogP contribution in [0.25, 0.3) is 61.5 Å².